The number of benzene rings is 2. The molecule has 29 heavy (non-hydrogen) atoms. The van der Waals surface area contributed by atoms with Crippen molar-refractivity contribution in [1.82, 2.24) is 5.32 Å². The molecule has 1 heterocycles. The number of hydrogen-bond donors (Lipinski definition) is 1. The summed E-state index contributed by atoms with van der Waals surface area (Å²) < 4.78 is 11.3. The first kappa shape index (κ1) is 20.6. The van der Waals surface area contributed by atoms with Gasteiger partial charge in [0.15, 0.2) is 0 Å². The van der Waals surface area contributed by atoms with Gasteiger partial charge in [0.05, 0.1) is 18.8 Å². The standard InChI is InChI=1S/C23H26N2O4/c1-5-15-28-23(24-21(27)29-22(2,3)4)18-13-9-10-14-19(18)25(20(23)26)16-17-11-7-6-8-12-17/h5-14H,1,15-16H2,2-4H3,(H,24,27)/t23-/m1/s1. The van der Waals surface area contributed by atoms with Crippen LogP contribution in [0.1, 0.15) is 31.9 Å². The molecule has 0 spiro atoms. The Balaban J connectivity index is 2.01. The summed E-state index contributed by atoms with van der Waals surface area (Å²) in [6, 6.07) is 16.9. The smallest absolute Gasteiger partial charge is 0.410 e. The predicted octanol–water partition coefficient (Wildman–Crippen LogP) is 4.11. The van der Waals surface area contributed by atoms with Crippen molar-refractivity contribution in [3.8, 4) is 0 Å². The van der Waals surface area contributed by atoms with Gasteiger partial charge in [-0.25, -0.2) is 4.79 Å². The number of fused-ring (bicyclic) bond motifs is 1. The molecular formula is C23H26N2O4. The normalized spacial score (nSPS) is 18.3. The lowest BCUT2D eigenvalue weighted by atomic mass is 10.0. The first-order valence-electron chi connectivity index (χ1n) is 9.48. The van der Waals surface area contributed by atoms with E-state index in [4.69, 9.17) is 9.47 Å². The first-order chi connectivity index (χ1) is 13.8. The number of para-hydroxylation sites is 1. The van der Waals surface area contributed by atoms with Crippen molar-refractivity contribution in [2.75, 3.05) is 11.5 Å². The second-order valence-electron chi connectivity index (χ2n) is 7.80. The van der Waals surface area contributed by atoms with Gasteiger partial charge < -0.3 is 14.4 Å². The van der Waals surface area contributed by atoms with Crippen LogP contribution in [0.4, 0.5) is 10.5 Å². The van der Waals surface area contributed by atoms with Gasteiger partial charge in [0.2, 0.25) is 0 Å². The van der Waals surface area contributed by atoms with Crippen molar-refractivity contribution in [2.24, 2.45) is 0 Å². The van der Waals surface area contributed by atoms with E-state index in [1.54, 1.807) is 37.8 Å². The molecule has 1 N–H and O–H groups in total. The minimum absolute atomic E-state index is 0.0784. The molecule has 0 fully saturated rings. The molecule has 1 aliphatic rings. The highest BCUT2D eigenvalue weighted by molar-refractivity contribution is 6.08. The Morgan fingerprint density at radius 3 is 2.45 bits per heavy atom. The number of hydrogen-bond acceptors (Lipinski definition) is 4. The summed E-state index contributed by atoms with van der Waals surface area (Å²) in [5.41, 5.74) is -0.182. The summed E-state index contributed by atoms with van der Waals surface area (Å²) in [4.78, 5) is 27.8. The summed E-state index contributed by atoms with van der Waals surface area (Å²) in [7, 11) is 0. The summed E-state index contributed by atoms with van der Waals surface area (Å²) in [6.45, 7) is 9.38. The number of ether oxygens (including phenoxy) is 2. The summed E-state index contributed by atoms with van der Waals surface area (Å²) in [5.74, 6) is -0.379. The third kappa shape index (κ3) is 4.32. The van der Waals surface area contributed by atoms with Gasteiger partial charge in [0.25, 0.3) is 11.6 Å². The van der Waals surface area contributed by atoms with Crippen molar-refractivity contribution in [3.63, 3.8) is 0 Å². The quantitative estimate of drug-likeness (QED) is 0.591. The number of nitrogens with zero attached hydrogens (tertiary/aromatic N) is 1. The molecule has 0 unspecified atom stereocenters. The Kier molecular flexibility index (Phi) is 5.75. The number of carbonyl (C=O) groups is 2. The van der Waals surface area contributed by atoms with E-state index in [1.165, 1.54) is 6.08 Å². The predicted molar refractivity (Wildman–Crippen MR) is 111 cm³/mol. The maximum Gasteiger partial charge on any atom is 0.410 e. The van der Waals surface area contributed by atoms with E-state index in [1.807, 2.05) is 42.5 Å². The molecule has 0 aliphatic carbocycles. The third-order valence-electron chi connectivity index (χ3n) is 4.40. The van der Waals surface area contributed by atoms with E-state index in [0.29, 0.717) is 17.8 Å². The number of carbonyl (C=O) groups excluding carboxylic acids is 2. The largest absolute Gasteiger partial charge is 0.444 e. The van der Waals surface area contributed by atoms with Gasteiger partial charge in [0.1, 0.15) is 5.60 Å². The summed E-state index contributed by atoms with van der Waals surface area (Å²) in [6.07, 6.45) is 0.806. The van der Waals surface area contributed by atoms with Gasteiger partial charge in [-0.3, -0.25) is 10.1 Å². The lowest BCUT2D eigenvalue weighted by Crippen LogP contribution is -2.55. The molecule has 1 aliphatic heterocycles. The van der Waals surface area contributed by atoms with Crippen LogP contribution in [-0.4, -0.2) is 24.2 Å². The van der Waals surface area contributed by atoms with Crippen molar-refractivity contribution >= 4 is 17.7 Å². The van der Waals surface area contributed by atoms with Gasteiger partial charge in [0, 0.05) is 5.56 Å². The van der Waals surface area contributed by atoms with Crippen LogP contribution in [0.25, 0.3) is 0 Å². The molecule has 2 aromatic carbocycles. The fourth-order valence-electron chi connectivity index (χ4n) is 3.27. The SMILES string of the molecule is C=CCO[C@@]1(NC(=O)OC(C)(C)C)C(=O)N(Cc2ccccc2)c2ccccc21. The van der Waals surface area contributed by atoms with E-state index in [9.17, 15) is 9.59 Å². The molecule has 0 saturated heterocycles. The van der Waals surface area contributed by atoms with E-state index in [2.05, 4.69) is 11.9 Å². The molecule has 0 radical (unpaired) electrons. The lowest BCUT2D eigenvalue weighted by molar-refractivity contribution is -0.147. The fraction of sp³-hybridized carbons (Fsp3) is 0.304. The molecule has 1 atom stereocenters. The number of rotatable bonds is 6. The van der Waals surface area contributed by atoms with Gasteiger partial charge in [-0.1, -0.05) is 54.6 Å². The van der Waals surface area contributed by atoms with Crippen LogP contribution in [0, 0.1) is 0 Å². The number of anilines is 1. The van der Waals surface area contributed by atoms with Crippen LogP contribution in [0.3, 0.4) is 0 Å². The Hall–Kier alpha value is -3.12. The Morgan fingerprint density at radius 2 is 1.79 bits per heavy atom. The minimum Gasteiger partial charge on any atom is -0.444 e. The second-order valence-corrected chi connectivity index (χ2v) is 7.80. The van der Waals surface area contributed by atoms with Gasteiger partial charge in [-0.05, 0) is 32.4 Å². The van der Waals surface area contributed by atoms with Gasteiger partial charge in [-0.15, -0.1) is 6.58 Å². The molecule has 6 heteroatoms. The zero-order chi connectivity index (χ0) is 21.1. The van der Waals surface area contributed by atoms with E-state index >= 15 is 0 Å². The monoisotopic (exact) mass is 394 g/mol. The average molecular weight is 394 g/mol. The highest BCUT2D eigenvalue weighted by Crippen LogP contribution is 2.42. The lowest BCUT2D eigenvalue weighted by Gasteiger charge is -2.31. The molecular weight excluding hydrogens is 368 g/mol. The van der Waals surface area contributed by atoms with Crippen LogP contribution in [0.2, 0.25) is 0 Å². The number of nitrogens with one attached hydrogen (secondary N) is 1. The number of alkyl carbamates (subject to hydrolysis) is 1. The Labute approximate surface area is 171 Å². The minimum atomic E-state index is -1.68. The third-order valence-corrected chi connectivity index (χ3v) is 4.40. The molecule has 2 aromatic rings. The number of amides is 2. The van der Waals surface area contributed by atoms with Crippen LogP contribution in [-0.2, 0) is 26.5 Å². The second kappa shape index (κ2) is 8.09. The van der Waals surface area contributed by atoms with Crippen molar-refractivity contribution < 1.29 is 19.1 Å². The highest BCUT2D eigenvalue weighted by Gasteiger charge is 2.54. The maximum atomic E-state index is 13.6. The Bertz CT molecular complexity index is 905. The molecule has 0 saturated carbocycles. The zero-order valence-corrected chi connectivity index (χ0v) is 17.0. The van der Waals surface area contributed by atoms with Crippen molar-refractivity contribution in [2.45, 2.75) is 38.6 Å². The molecule has 152 valence electrons. The molecule has 6 nitrogen and oxygen atoms in total. The topological polar surface area (TPSA) is 67.9 Å². The van der Waals surface area contributed by atoms with E-state index in [-0.39, 0.29) is 12.5 Å². The Morgan fingerprint density at radius 1 is 1.14 bits per heavy atom. The van der Waals surface area contributed by atoms with E-state index < -0.39 is 17.4 Å². The molecule has 2 amide bonds. The van der Waals surface area contributed by atoms with Crippen molar-refractivity contribution in [1.29, 1.82) is 0 Å². The van der Waals surface area contributed by atoms with Crippen LogP contribution < -0.4 is 10.2 Å². The van der Waals surface area contributed by atoms with Gasteiger partial charge in [-0.2, -0.15) is 0 Å². The molecule has 0 bridgehead atoms. The van der Waals surface area contributed by atoms with Crippen molar-refractivity contribution in [3.05, 3.63) is 78.4 Å². The summed E-state index contributed by atoms with van der Waals surface area (Å²) >= 11 is 0. The first-order valence-corrected chi connectivity index (χ1v) is 9.48. The highest BCUT2D eigenvalue weighted by atomic mass is 16.6. The summed E-state index contributed by atoms with van der Waals surface area (Å²) in [5, 5.41) is 2.68. The zero-order valence-electron chi connectivity index (χ0n) is 17.0. The van der Waals surface area contributed by atoms with Crippen LogP contribution in [0.15, 0.2) is 67.3 Å². The van der Waals surface area contributed by atoms with Crippen LogP contribution >= 0.6 is 0 Å². The van der Waals surface area contributed by atoms with Crippen LogP contribution in [0.5, 0.6) is 0 Å². The van der Waals surface area contributed by atoms with Gasteiger partial charge >= 0.3 is 6.09 Å². The molecule has 3 rings (SSSR count). The average Bonchev–Trinajstić information content (AvgIpc) is 2.89. The van der Waals surface area contributed by atoms with E-state index in [0.717, 1.165) is 5.56 Å². The molecule has 0 aromatic heterocycles. The fourth-order valence-corrected chi connectivity index (χ4v) is 3.27. The maximum absolute atomic E-state index is 13.6.